The molecular formula is C14H11N3OS. The lowest BCUT2D eigenvalue weighted by Gasteiger charge is -2.20. The summed E-state index contributed by atoms with van der Waals surface area (Å²) >= 11 is 1.58. The van der Waals surface area contributed by atoms with Gasteiger partial charge in [0.1, 0.15) is 0 Å². The van der Waals surface area contributed by atoms with Crippen molar-refractivity contribution in [3.8, 4) is 0 Å². The Kier molecular flexibility index (Phi) is 2.97. The summed E-state index contributed by atoms with van der Waals surface area (Å²) in [5.74, 6) is -0.0253. The maximum atomic E-state index is 12.0. The van der Waals surface area contributed by atoms with Crippen molar-refractivity contribution in [2.45, 2.75) is 6.92 Å². The maximum Gasteiger partial charge on any atom is 0.228 e. The van der Waals surface area contributed by atoms with Crippen molar-refractivity contribution in [1.82, 2.24) is 9.97 Å². The molecule has 0 aliphatic heterocycles. The van der Waals surface area contributed by atoms with Crippen LogP contribution in [0.1, 0.15) is 6.92 Å². The third-order valence-corrected chi connectivity index (χ3v) is 3.76. The fourth-order valence-electron chi connectivity index (χ4n) is 2.03. The summed E-state index contributed by atoms with van der Waals surface area (Å²) in [5.41, 5.74) is 1.71. The number of fused-ring (bicyclic) bond motifs is 1. The SMILES string of the molecule is CC(=O)N(c1ccncc1)c1csc2cnccc12. The number of carbonyl (C=O) groups is 1. The molecule has 0 spiro atoms. The summed E-state index contributed by atoms with van der Waals surface area (Å²) in [6.07, 6.45) is 6.92. The van der Waals surface area contributed by atoms with Crippen LogP contribution in [0.25, 0.3) is 10.1 Å². The van der Waals surface area contributed by atoms with E-state index in [0.717, 1.165) is 21.5 Å². The highest BCUT2D eigenvalue weighted by Crippen LogP contribution is 2.36. The highest BCUT2D eigenvalue weighted by Gasteiger charge is 2.17. The Bertz CT molecular complexity index is 724. The van der Waals surface area contributed by atoms with Crippen molar-refractivity contribution in [3.63, 3.8) is 0 Å². The van der Waals surface area contributed by atoms with Gasteiger partial charge in [-0.2, -0.15) is 0 Å². The average Bonchev–Trinajstić information content (AvgIpc) is 2.84. The van der Waals surface area contributed by atoms with Gasteiger partial charge in [0, 0.05) is 42.5 Å². The molecule has 3 aromatic heterocycles. The van der Waals surface area contributed by atoms with E-state index in [9.17, 15) is 4.79 Å². The first kappa shape index (κ1) is 11.8. The van der Waals surface area contributed by atoms with Gasteiger partial charge in [-0.05, 0) is 18.2 Å². The number of hydrogen-bond acceptors (Lipinski definition) is 4. The Balaban J connectivity index is 2.18. The van der Waals surface area contributed by atoms with Gasteiger partial charge in [-0.15, -0.1) is 11.3 Å². The molecule has 5 heteroatoms. The molecule has 0 aromatic carbocycles. The van der Waals surface area contributed by atoms with Crippen LogP contribution in [0.2, 0.25) is 0 Å². The van der Waals surface area contributed by atoms with Crippen LogP contribution in [0.4, 0.5) is 11.4 Å². The number of aromatic nitrogens is 2. The van der Waals surface area contributed by atoms with Crippen LogP contribution in [0.3, 0.4) is 0 Å². The maximum absolute atomic E-state index is 12.0. The molecular weight excluding hydrogens is 258 g/mol. The Morgan fingerprint density at radius 3 is 2.63 bits per heavy atom. The fourth-order valence-corrected chi connectivity index (χ4v) is 2.92. The van der Waals surface area contributed by atoms with Gasteiger partial charge in [-0.3, -0.25) is 19.7 Å². The van der Waals surface area contributed by atoms with Crippen LogP contribution in [0.5, 0.6) is 0 Å². The summed E-state index contributed by atoms with van der Waals surface area (Å²) in [6, 6.07) is 5.58. The van der Waals surface area contributed by atoms with E-state index in [4.69, 9.17) is 0 Å². The molecule has 0 atom stereocenters. The first-order chi connectivity index (χ1) is 9.27. The van der Waals surface area contributed by atoms with Crippen molar-refractivity contribution < 1.29 is 4.79 Å². The quantitative estimate of drug-likeness (QED) is 0.716. The van der Waals surface area contributed by atoms with Gasteiger partial charge in [0.05, 0.1) is 16.1 Å². The third-order valence-electron chi connectivity index (χ3n) is 2.83. The van der Waals surface area contributed by atoms with Gasteiger partial charge in [0.25, 0.3) is 0 Å². The predicted molar refractivity (Wildman–Crippen MR) is 76.7 cm³/mol. The van der Waals surface area contributed by atoms with E-state index in [0.29, 0.717) is 0 Å². The van der Waals surface area contributed by atoms with E-state index in [1.54, 1.807) is 41.8 Å². The highest BCUT2D eigenvalue weighted by molar-refractivity contribution is 7.17. The molecule has 0 bridgehead atoms. The van der Waals surface area contributed by atoms with Crippen LogP contribution in [-0.2, 0) is 4.79 Å². The van der Waals surface area contributed by atoms with Crippen molar-refractivity contribution in [2.75, 3.05) is 4.90 Å². The molecule has 4 nitrogen and oxygen atoms in total. The number of thiophene rings is 1. The molecule has 3 heterocycles. The molecule has 0 saturated carbocycles. The van der Waals surface area contributed by atoms with E-state index in [2.05, 4.69) is 9.97 Å². The standard InChI is InChI=1S/C14H11N3OS/c1-10(18)17(11-2-5-15-6-3-11)13-9-19-14-8-16-7-4-12(13)14/h2-9H,1H3. The molecule has 19 heavy (non-hydrogen) atoms. The van der Waals surface area contributed by atoms with E-state index in [-0.39, 0.29) is 5.91 Å². The van der Waals surface area contributed by atoms with Crippen molar-refractivity contribution >= 4 is 38.7 Å². The first-order valence-electron chi connectivity index (χ1n) is 5.79. The zero-order chi connectivity index (χ0) is 13.2. The summed E-state index contributed by atoms with van der Waals surface area (Å²) in [5, 5.41) is 3.01. The van der Waals surface area contributed by atoms with Crippen LogP contribution in [0, 0.1) is 0 Å². The van der Waals surface area contributed by atoms with E-state index >= 15 is 0 Å². The molecule has 3 rings (SSSR count). The van der Waals surface area contributed by atoms with Gasteiger partial charge < -0.3 is 0 Å². The lowest BCUT2D eigenvalue weighted by Crippen LogP contribution is -2.22. The molecule has 0 fully saturated rings. The minimum atomic E-state index is -0.0253. The lowest BCUT2D eigenvalue weighted by molar-refractivity contribution is -0.115. The van der Waals surface area contributed by atoms with Gasteiger partial charge in [0.15, 0.2) is 0 Å². The molecule has 1 amide bonds. The Hall–Kier alpha value is -2.27. The molecule has 0 N–H and O–H groups in total. The van der Waals surface area contributed by atoms with Crippen molar-refractivity contribution in [3.05, 3.63) is 48.4 Å². The van der Waals surface area contributed by atoms with Crippen LogP contribution in [-0.4, -0.2) is 15.9 Å². The zero-order valence-corrected chi connectivity index (χ0v) is 11.1. The number of pyridine rings is 2. The van der Waals surface area contributed by atoms with Crippen LogP contribution in [0.15, 0.2) is 48.4 Å². The largest absolute Gasteiger partial charge is 0.280 e. The van der Waals surface area contributed by atoms with Gasteiger partial charge >= 0.3 is 0 Å². The molecule has 0 aliphatic rings. The molecule has 0 unspecified atom stereocenters. The second-order valence-electron chi connectivity index (χ2n) is 4.05. The lowest BCUT2D eigenvalue weighted by atomic mass is 10.2. The topological polar surface area (TPSA) is 46.1 Å². The molecule has 0 saturated heterocycles. The number of hydrogen-bond donors (Lipinski definition) is 0. The first-order valence-corrected chi connectivity index (χ1v) is 6.67. The van der Waals surface area contributed by atoms with Crippen LogP contribution >= 0.6 is 11.3 Å². The van der Waals surface area contributed by atoms with Crippen LogP contribution < -0.4 is 4.90 Å². The number of rotatable bonds is 2. The van der Waals surface area contributed by atoms with Gasteiger partial charge in [-0.25, -0.2) is 0 Å². The highest BCUT2D eigenvalue weighted by atomic mass is 32.1. The second-order valence-corrected chi connectivity index (χ2v) is 4.96. The zero-order valence-electron chi connectivity index (χ0n) is 10.3. The van der Waals surface area contributed by atoms with E-state index in [1.807, 2.05) is 29.8 Å². The number of anilines is 2. The normalized spacial score (nSPS) is 10.6. The third kappa shape index (κ3) is 2.08. The van der Waals surface area contributed by atoms with Crippen molar-refractivity contribution in [1.29, 1.82) is 0 Å². The van der Waals surface area contributed by atoms with Crippen molar-refractivity contribution in [2.24, 2.45) is 0 Å². The average molecular weight is 269 g/mol. The Labute approximate surface area is 114 Å². The Morgan fingerprint density at radius 2 is 1.89 bits per heavy atom. The summed E-state index contributed by atoms with van der Waals surface area (Å²) in [4.78, 5) is 21.8. The smallest absolute Gasteiger partial charge is 0.228 e. The monoisotopic (exact) mass is 269 g/mol. The second kappa shape index (κ2) is 4.78. The summed E-state index contributed by atoms with van der Waals surface area (Å²) < 4.78 is 1.07. The minimum Gasteiger partial charge on any atom is -0.280 e. The molecule has 0 radical (unpaired) electrons. The van der Waals surface area contributed by atoms with E-state index < -0.39 is 0 Å². The van der Waals surface area contributed by atoms with E-state index in [1.165, 1.54) is 0 Å². The summed E-state index contributed by atoms with van der Waals surface area (Å²) in [6.45, 7) is 1.56. The van der Waals surface area contributed by atoms with Gasteiger partial charge in [0.2, 0.25) is 5.91 Å². The molecule has 0 aliphatic carbocycles. The number of nitrogens with zero attached hydrogens (tertiary/aromatic N) is 3. The number of amides is 1. The predicted octanol–water partition coefficient (Wildman–Crippen LogP) is 3.38. The summed E-state index contributed by atoms with van der Waals surface area (Å²) in [7, 11) is 0. The van der Waals surface area contributed by atoms with Gasteiger partial charge in [-0.1, -0.05) is 0 Å². The Morgan fingerprint density at radius 1 is 1.16 bits per heavy atom. The minimum absolute atomic E-state index is 0.0253. The fraction of sp³-hybridized carbons (Fsp3) is 0.0714. The number of carbonyl (C=O) groups excluding carboxylic acids is 1. The molecule has 94 valence electrons. The molecule has 3 aromatic rings.